The molecule has 0 bridgehead atoms. The van der Waals surface area contributed by atoms with E-state index < -0.39 is 0 Å². The van der Waals surface area contributed by atoms with Crippen molar-refractivity contribution in [3.8, 4) is 0 Å². The summed E-state index contributed by atoms with van der Waals surface area (Å²) in [6, 6.07) is 11.9. The number of thiophene rings is 2. The fourth-order valence-electron chi connectivity index (χ4n) is 6.21. The van der Waals surface area contributed by atoms with Crippen molar-refractivity contribution in [2.24, 2.45) is 0 Å². The van der Waals surface area contributed by atoms with E-state index in [1.165, 1.54) is 125 Å². The van der Waals surface area contributed by atoms with Crippen LogP contribution in [0, 0.1) is 0 Å². The minimum absolute atomic E-state index is 0.0206. The molecule has 3 aromatic rings. The Morgan fingerprint density at radius 3 is 1.04 bits per heavy atom. The number of halogens is 2. The number of hydrogen-bond acceptors (Lipinski definition) is 4. The molecule has 0 aliphatic heterocycles. The minimum atomic E-state index is 0.0206. The standard InChI is InChI=1S/C40H58Br2N2O2S2/c1-3-5-7-9-11-13-15-17-19-21-29-43(39(45)35-27-31-47-37(35)41)33-23-25-34(26-24-33)44(40(46)36-28-32-48-38(36)42)30-22-20-18-16-14-12-10-8-6-4-2/h23-28,31-32H,3-22,29-30H2,1-2H3. The average molecular weight is 823 g/mol. The van der Waals surface area contributed by atoms with Crippen LogP contribution in [0.1, 0.15) is 163 Å². The lowest BCUT2D eigenvalue weighted by Crippen LogP contribution is -2.33. The lowest BCUT2D eigenvalue weighted by Gasteiger charge is -2.26. The molecule has 4 nitrogen and oxygen atoms in total. The molecule has 2 amide bonds. The van der Waals surface area contributed by atoms with Crippen molar-refractivity contribution in [1.82, 2.24) is 0 Å². The molecule has 0 spiro atoms. The van der Waals surface area contributed by atoms with Crippen LogP contribution in [0.3, 0.4) is 0 Å². The third kappa shape index (κ3) is 14.4. The monoisotopic (exact) mass is 820 g/mol. The van der Waals surface area contributed by atoms with Gasteiger partial charge in [-0.2, -0.15) is 0 Å². The fraction of sp³-hybridized carbons (Fsp3) is 0.600. The van der Waals surface area contributed by atoms with E-state index in [1.807, 2.05) is 57.0 Å². The molecule has 266 valence electrons. The molecule has 0 aliphatic rings. The highest BCUT2D eigenvalue weighted by Crippen LogP contribution is 2.31. The zero-order valence-electron chi connectivity index (χ0n) is 29.5. The molecular formula is C40H58Br2N2O2S2. The summed E-state index contributed by atoms with van der Waals surface area (Å²) < 4.78 is 1.73. The fourth-order valence-corrected chi connectivity index (χ4v) is 8.67. The number of rotatable bonds is 26. The molecule has 0 radical (unpaired) electrons. The summed E-state index contributed by atoms with van der Waals surface area (Å²) in [7, 11) is 0. The van der Waals surface area contributed by atoms with E-state index in [1.54, 1.807) is 0 Å². The Morgan fingerprint density at radius 1 is 0.479 bits per heavy atom. The van der Waals surface area contributed by atoms with Gasteiger partial charge in [0.1, 0.15) is 0 Å². The van der Waals surface area contributed by atoms with Crippen molar-refractivity contribution < 1.29 is 9.59 Å². The summed E-state index contributed by atoms with van der Waals surface area (Å²) in [5.41, 5.74) is 3.16. The van der Waals surface area contributed by atoms with E-state index in [-0.39, 0.29) is 11.8 Å². The molecule has 0 aliphatic carbocycles. The van der Waals surface area contributed by atoms with Gasteiger partial charge in [0.15, 0.2) is 0 Å². The van der Waals surface area contributed by atoms with E-state index in [9.17, 15) is 9.59 Å². The molecule has 0 unspecified atom stereocenters. The summed E-state index contributed by atoms with van der Waals surface area (Å²) in [4.78, 5) is 31.4. The predicted octanol–water partition coefficient (Wildman–Crippen LogP) is 14.5. The molecule has 1 aromatic carbocycles. The number of carbonyl (C=O) groups excluding carboxylic acids is 2. The smallest absolute Gasteiger partial charge is 0.260 e. The maximum atomic E-state index is 13.8. The van der Waals surface area contributed by atoms with Crippen molar-refractivity contribution in [3.63, 3.8) is 0 Å². The van der Waals surface area contributed by atoms with E-state index >= 15 is 0 Å². The zero-order valence-corrected chi connectivity index (χ0v) is 34.3. The summed E-state index contributed by atoms with van der Waals surface area (Å²) in [5.74, 6) is 0.0413. The molecular weight excluding hydrogens is 764 g/mol. The first-order valence-electron chi connectivity index (χ1n) is 18.7. The van der Waals surface area contributed by atoms with E-state index in [0.717, 1.165) is 44.6 Å². The van der Waals surface area contributed by atoms with Gasteiger partial charge in [-0.1, -0.05) is 129 Å². The van der Waals surface area contributed by atoms with Crippen LogP contribution < -0.4 is 9.80 Å². The van der Waals surface area contributed by atoms with E-state index in [2.05, 4.69) is 45.7 Å². The van der Waals surface area contributed by atoms with Crippen LogP contribution >= 0.6 is 54.5 Å². The van der Waals surface area contributed by atoms with Crippen LogP contribution in [-0.2, 0) is 0 Å². The Balaban J connectivity index is 1.63. The van der Waals surface area contributed by atoms with Crippen molar-refractivity contribution in [1.29, 1.82) is 0 Å². The van der Waals surface area contributed by atoms with E-state index in [4.69, 9.17) is 0 Å². The molecule has 2 aromatic heterocycles. The maximum Gasteiger partial charge on any atom is 0.260 e. The van der Waals surface area contributed by atoms with Crippen LogP contribution in [0.4, 0.5) is 11.4 Å². The number of carbonyl (C=O) groups is 2. The second-order valence-electron chi connectivity index (χ2n) is 13.0. The van der Waals surface area contributed by atoms with Crippen LogP contribution in [0.15, 0.2) is 54.7 Å². The van der Waals surface area contributed by atoms with Gasteiger partial charge in [0.05, 0.1) is 18.7 Å². The van der Waals surface area contributed by atoms with Crippen LogP contribution in [0.2, 0.25) is 0 Å². The Hall–Kier alpha value is -1.48. The predicted molar refractivity (Wildman–Crippen MR) is 218 cm³/mol. The summed E-state index contributed by atoms with van der Waals surface area (Å²) >= 11 is 10.3. The Bertz CT molecular complexity index is 1210. The van der Waals surface area contributed by atoms with Gasteiger partial charge >= 0.3 is 0 Å². The topological polar surface area (TPSA) is 40.6 Å². The number of hydrogen-bond donors (Lipinski definition) is 0. The van der Waals surface area contributed by atoms with Crippen molar-refractivity contribution in [3.05, 3.63) is 65.9 Å². The average Bonchev–Trinajstić information content (AvgIpc) is 3.73. The third-order valence-corrected chi connectivity index (χ3v) is 12.5. The third-order valence-electron chi connectivity index (χ3n) is 9.13. The van der Waals surface area contributed by atoms with Crippen molar-refractivity contribution in [2.75, 3.05) is 22.9 Å². The molecule has 3 rings (SSSR count). The number of unbranched alkanes of at least 4 members (excludes halogenated alkanes) is 18. The molecule has 2 heterocycles. The molecule has 0 fully saturated rings. The number of nitrogens with zero attached hydrogens (tertiary/aromatic N) is 2. The Labute approximate surface area is 316 Å². The molecule has 48 heavy (non-hydrogen) atoms. The molecule has 0 saturated heterocycles. The quantitative estimate of drug-likeness (QED) is 0.0757. The first-order valence-corrected chi connectivity index (χ1v) is 22.0. The van der Waals surface area contributed by atoms with Gasteiger partial charge in [-0.3, -0.25) is 9.59 Å². The first kappa shape index (κ1) is 40.9. The van der Waals surface area contributed by atoms with Crippen LogP contribution in [0.5, 0.6) is 0 Å². The first-order chi connectivity index (χ1) is 23.5. The Kier molecular flexibility index (Phi) is 21.0. The molecule has 0 atom stereocenters. The van der Waals surface area contributed by atoms with Crippen molar-refractivity contribution in [2.45, 2.75) is 142 Å². The summed E-state index contributed by atoms with van der Waals surface area (Å²) in [6.45, 7) is 5.89. The van der Waals surface area contributed by atoms with E-state index in [0.29, 0.717) is 24.2 Å². The largest absolute Gasteiger partial charge is 0.308 e. The van der Waals surface area contributed by atoms with Gasteiger partial charge in [0.25, 0.3) is 11.8 Å². The lowest BCUT2D eigenvalue weighted by molar-refractivity contribution is 0.0977. The number of anilines is 2. The molecule has 0 N–H and O–H groups in total. The maximum absolute atomic E-state index is 13.8. The van der Waals surface area contributed by atoms with Gasteiger partial charge < -0.3 is 9.80 Å². The van der Waals surface area contributed by atoms with Crippen LogP contribution in [-0.4, -0.2) is 24.9 Å². The van der Waals surface area contributed by atoms with Gasteiger partial charge in [0.2, 0.25) is 0 Å². The molecule has 0 saturated carbocycles. The number of benzene rings is 1. The molecule has 8 heteroatoms. The summed E-state index contributed by atoms with van der Waals surface area (Å²) in [5, 5.41) is 3.91. The normalized spacial score (nSPS) is 11.2. The summed E-state index contributed by atoms with van der Waals surface area (Å²) in [6.07, 6.45) is 25.2. The SMILES string of the molecule is CCCCCCCCCCCCN(C(=O)c1ccsc1Br)c1ccc(N(CCCCCCCCCCCC)C(=O)c2ccsc2Br)cc1. The minimum Gasteiger partial charge on any atom is -0.308 e. The highest BCUT2D eigenvalue weighted by atomic mass is 79.9. The van der Waals surface area contributed by atoms with Crippen molar-refractivity contribution >= 4 is 77.7 Å². The van der Waals surface area contributed by atoms with Gasteiger partial charge in [-0.25, -0.2) is 0 Å². The van der Waals surface area contributed by atoms with Gasteiger partial charge in [-0.05, 0) is 91.9 Å². The second-order valence-corrected chi connectivity index (χ2v) is 17.5. The van der Waals surface area contributed by atoms with Crippen LogP contribution in [0.25, 0.3) is 0 Å². The lowest BCUT2D eigenvalue weighted by atomic mass is 10.1. The van der Waals surface area contributed by atoms with Gasteiger partial charge in [-0.15, -0.1) is 22.7 Å². The highest BCUT2D eigenvalue weighted by Gasteiger charge is 2.23. The number of amides is 2. The highest BCUT2D eigenvalue weighted by molar-refractivity contribution is 9.11. The second kappa shape index (κ2) is 24.6. The zero-order chi connectivity index (χ0) is 34.4. The van der Waals surface area contributed by atoms with Gasteiger partial charge in [0, 0.05) is 24.5 Å². The Morgan fingerprint density at radius 2 is 0.771 bits per heavy atom.